The van der Waals surface area contributed by atoms with Crippen molar-refractivity contribution in [2.24, 2.45) is 5.92 Å². The molecule has 1 saturated heterocycles. The van der Waals surface area contributed by atoms with E-state index in [9.17, 15) is 4.79 Å². The summed E-state index contributed by atoms with van der Waals surface area (Å²) >= 11 is 7.82. The summed E-state index contributed by atoms with van der Waals surface area (Å²) in [6.07, 6.45) is 1.88. The molecule has 1 amide bonds. The number of carbonyl (C=O) groups is 1. The summed E-state index contributed by atoms with van der Waals surface area (Å²) in [5.74, 6) is 2.33. The van der Waals surface area contributed by atoms with E-state index in [1.165, 1.54) is 16.7 Å². The molecule has 3 nitrogen and oxygen atoms in total. The maximum Gasteiger partial charge on any atom is 0.223 e. The molecule has 0 saturated carbocycles. The molecule has 1 fully saturated rings. The number of rotatable bonds is 8. The van der Waals surface area contributed by atoms with Gasteiger partial charge in [0.25, 0.3) is 0 Å². The number of amides is 1. The van der Waals surface area contributed by atoms with Crippen LogP contribution >= 0.6 is 23.4 Å². The fourth-order valence-electron chi connectivity index (χ4n) is 3.47. The van der Waals surface area contributed by atoms with Crippen molar-refractivity contribution < 1.29 is 4.79 Å². The van der Waals surface area contributed by atoms with E-state index in [0.717, 1.165) is 55.5 Å². The normalized spacial score (nSPS) is 15.5. The quantitative estimate of drug-likeness (QED) is 0.620. The van der Waals surface area contributed by atoms with Crippen LogP contribution in [0.1, 0.15) is 29.5 Å². The number of nitrogens with zero attached hydrogens (tertiary/aromatic N) is 1. The van der Waals surface area contributed by atoms with Gasteiger partial charge in [0.2, 0.25) is 5.91 Å². The number of likely N-dealkylation sites (tertiary alicyclic amines) is 1. The van der Waals surface area contributed by atoms with E-state index in [-0.39, 0.29) is 11.8 Å². The highest BCUT2D eigenvalue weighted by atomic mass is 35.5. The number of nitrogens with one attached hydrogen (secondary N) is 1. The molecule has 5 heteroatoms. The molecule has 1 aliphatic heterocycles. The predicted octanol–water partition coefficient (Wildman–Crippen LogP) is 4.91. The number of hydrogen-bond donors (Lipinski definition) is 1. The molecule has 0 spiro atoms. The summed E-state index contributed by atoms with van der Waals surface area (Å²) in [6.45, 7) is 5.74. The molecule has 0 radical (unpaired) electrons. The van der Waals surface area contributed by atoms with Gasteiger partial charge in [0.15, 0.2) is 0 Å². The van der Waals surface area contributed by atoms with Crippen LogP contribution in [0.4, 0.5) is 0 Å². The first kappa shape index (κ1) is 21.2. The first-order valence-corrected chi connectivity index (χ1v) is 11.5. The van der Waals surface area contributed by atoms with Gasteiger partial charge >= 0.3 is 0 Å². The standard InChI is InChI=1S/C23H29ClN2OS/c1-18-2-4-20(5-3-18)17-28-15-12-25-23(27)21-10-13-26(14-11-21)16-19-6-8-22(24)9-7-19/h2-9,21H,10-17H2,1H3,(H,25,27). The van der Waals surface area contributed by atoms with Gasteiger partial charge in [0.1, 0.15) is 0 Å². The fraction of sp³-hybridized carbons (Fsp3) is 0.435. The maximum absolute atomic E-state index is 12.4. The van der Waals surface area contributed by atoms with Crippen molar-refractivity contribution in [2.45, 2.75) is 32.1 Å². The lowest BCUT2D eigenvalue weighted by Crippen LogP contribution is -2.40. The number of halogens is 1. The highest BCUT2D eigenvalue weighted by molar-refractivity contribution is 7.98. The molecule has 3 rings (SSSR count). The van der Waals surface area contributed by atoms with Crippen molar-refractivity contribution in [1.29, 1.82) is 0 Å². The molecule has 2 aromatic carbocycles. The van der Waals surface area contributed by atoms with E-state index in [2.05, 4.69) is 53.5 Å². The van der Waals surface area contributed by atoms with Gasteiger partial charge in [-0.25, -0.2) is 0 Å². The lowest BCUT2D eigenvalue weighted by atomic mass is 9.95. The zero-order valence-electron chi connectivity index (χ0n) is 16.5. The monoisotopic (exact) mass is 416 g/mol. The molecule has 1 aliphatic rings. The zero-order chi connectivity index (χ0) is 19.8. The van der Waals surface area contributed by atoms with Gasteiger partial charge in [-0.3, -0.25) is 9.69 Å². The molecule has 1 heterocycles. The van der Waals surface area contributed by atoms with E-state index >= 15 is 0 Å². The van der Waals surface area contributed by atoms with Crippen molar-refractivity contribution >= 4 is 29.3 Å². The first-order chi connectivity index (χ1) is 13.6. The second-order valence-electron chi connectivity index (χ2n) is 7.51. The lowest BCUT2D eigenvalue weighted by molar-refractivity contribution is -0.126. The van der Waals surface area contributed by atoms with Crippen LogP contribution in [0.15, 0.2) is 48.5 Å². The minimum absolute atomic E-state index is 0.156. The Labute approximate surface area is 177 Å². The number of thioether (sulfide) groups is 1. The van der Waals surface area contributed by atoms with E-state index < -0.39 is 0 Å². The van der Waals surface area contributed by atoms with Crippen molar-refractivity contribution in [3.63, 3.8) is 0 Å². The topological polar surface area (TPSA) is 32.3 Å². The predicted molar refractivity (Wildman–Crippen MR) is 120 cm³/mol. The molecular formula is C23H29ClN2OS. The van der Waals surface area contributed by atoms with Gasteiger partial charge < -0.3 is 5.32 Å². The Morgan fingerprint density at radius 3 is 2.39 bits per heavy atom. The molecule has 1 N–H and O–H groups in total. The largest absolute Gasteiger partial charge is 0.355 e. The molecule has 2 aromatic rings. The molecular weight excluding hydrogens is 388 g/mol. The Morgan fingerprint density at radius 1 is 1.07 bits per heavy atom. The van der Waals surface area contributed by atoms with Crippen molar-refractivity contribution in [2.75, 3.05) is 25.4 Å². The van der Waals surface area contributed by atoms with Gasteiger partial charge in [-0.05, 0) is 56.1 Å². The second kappa shape index (κ2) is 10.9. The van der Waals surface area contributed by atoms with Gasteiger partial charge in [-0.1, -0.05) is 53.6 Å². The van der Waals surface area contributed by atoms with Gasteiger partial charge in [-0.15, -0.1) is 0 Å². The Kier molecular flexibility index (Phi) is 8.26. The molecule has 150 valence electrons. The number of benzene rings is 2. The molecule has 0 bridgehead atoms. The Morgan fingerprint density at radius 2 is 1.71 bits per heavy atom. The third-order valence-corrected chi connectivity index (χ3v) is 6.50. The summed E-state index contributed by atoms with van der Waals surface area (Å²) in [5.41, 5.74) is 3.91. The molecule has 0 unspecified atom stereocenters. The third-order valence-electron chi connectivity index (χ3n) is 5.21. The summed E-state index contributed by atoms with van der Waals surface area (Å²) in [7, 11) is 0. The SMILES string of the molecule is Cc1ccc(CSCCNC(=O)C2CCN(Cc3ccc(Cl)cc3)CC2)cc1. The summed E-state index contributed by atoms with van der Waals surface area (Å²) in [5, 5.41) is 3.90. The average Bonchev–Trinajstić information content (AvgIpc) is 2.71. The Balaban J connectivity index is 1.29. The van der Waals surface area contributed by atoms with E-state index in [1.54, 1.807) is 0 Å². The van der Waals surface area contributed by atoms with Crippen LogP contribution in [0.5, 0.6) is 0 Å². The van der Waals surface area contributed by atoms with Crippen molar-refractivity contribution in [3.8, 4) is 0 Å². The Hall–Kier alpha value is -1.49. The smallest absolute Gasteiger partial charge is 0.223 e. The van der Waals surface area contributed by atoms with Crippen LogP contribution in [-0.2, 0) is 17.1 Å². The van der Waals surface area contributed by atoms with E-state index in [0.29, 0.717) is 0 Å². The van der Waals surface area contributed by atoms with E-state index in [4.69, 9.17) is 11.6 Å². The van der Waals surface area contributed by atoms with Crippen LogP contribution < -0.4 is 5.32 Å². The van der Waals surface area contributed by atoms with Crippen LogP contribution in [0.25, 0.3) is 0 Å². The van der Waals surface area contributed by atoms with Crippen molar-refractivity contribution in [1.82, 2.24) is 10.2 Å². The van der Waals surface area contributed by atoms with Crippen LogP contribution in [0, 0.1) is 12.8 Å². The fourth-order valence-corrected chi connectivity index (χ4v) is 4.41. The first-order valence-electron chi connectivity index (χ1n) is 9.98. The van der Waals surface area contributed by atoms with E-state index in [1.807, 2.05) is 23.9 Å². The number of piperidine rings is 1. The zero-order valence-corrected chi connectivity index (χ0v) is 18.1. The highest BCUT2D eigenvalue weighted by Crippen LogP contribution is 2.20. The summed E-state index contributed by atoms with van der Waals surface area (Å²) < 4.78 is 0. The molecule has 0 atom stereocenters. The van der Waals surface area contributed by atoms with Crippen LogP contribution in [-0.4, -0.2) is 36.2 Å². The lowest BCUT2D eigenvalue weighted by Gasteiger charge is -2.31. The maximum atomic E-state index is 12.4. The second-order valence-corrected chi connectivity index (χ2v) is 9.05. The van der Waals surface area contributed by atoms with Crippen molar-refractivity contribution in [3.05, 3.63) is 70.2 Å². The van der Waals surface area contributed by atoms with Gasteiger partial charge in [0.05, 0.1) is 0 Å². The highest BCUT2D eigenvalue weighted by Gasteiger charge is 2.24. The summed E-state index contributed by atoms with van der Waals surface area (Å²) in [6, 6.07) is 16.7. The molecule has 28 heavy (non-hydrogen) atoms. The summed E-state index contributed by atoms with van der Waals surface area (Å²) in [4.78, 5) is 14.8. The number of hydrogen-bond acceptors (Lipinski definition) is 3. The number of carbonyl (C=O) groups excluding carboxylic acids is 1. The molecule has 0 aromatic heterocycles. The average molecular weight is 417 g/mol. The van der Waals surface area contributed by atoms with Gasteiger partial charge in [0, 0.05) is 35.5 Å². The molecule has 0 aliphatic carbocycles. The Bertz CT molecular complexity index is 740. The van der Waals surface area contributed by atoms with Crippen LogP contribution in [0.2, 0.25) is 5.02 Å². The van der Waals surface area contributed by atoms with Gasteiger partial charge in [-0.2, -0.15) is 11.8 Å². The minimum Gasteiger partial charge on any atom is -0.355 e. The minimum atomic E-state index is 0.156. The third kappa shape index (κ3) is 6.84. The van der Waals surface area contributed by atoms with Crippen LogP contribution in [0.3, 0.4) is 0 Å². The number of aryl methyl sites for hydroxylation is 1.